The fraction of sp³-hybridized carbons (Fsp3) is 0.929. The van der Waals surface area contributed by atoms with E-state index in [1.165, 1.54) is 0 Å². The van der Waals surface area contributed by atoms with Crippen molar-refractivity contribution >= 4 is 6.09 Å². The van der Waals surface area contributed by atoms with Gasteiger partial charge in [0.1, 0.15) is 5.60 Å². The molecule has 0 spiro atoms. The molecule has 5 heteroatoms. The predicted molar refractivity (Wildman–Crippen MR) is 79.2 cm³/mol. The van der Waals surface area contributed by atoms with Crippen LogP contribution >= 0.6 is 0 Å². The number of alkyl carbamates (subject to hydrolysis) is 1. The Labute approximate surface area is 117 Å². The SMILES string of the molecule is CCC(CC)N(C)C(CN)CNC(=O)OC(C)(C)C. The van der Waals surface area contributed by atoms with Crippen molar-refractivity contribution < 1.29 is 9.53 Å². The van der Waals surface area contributed by atoms with Gasteiger partial charge in [-0.2, -0.15) is 0 Å². The van der Waals surface area contributed by atoms with Crippen LogP contribution in [-0.2, 0) is 4.74 Å². The lowest BCUT2D eigenvalue weighted by molar-refractivity contribution is 0.0504. The molecular formula is C14H31N3O2. The first-order valence-corrected chi connectivity index (χ1v) is 7.13. The summed E-state index contributed by atoms with van der Waals surface area (Å²) >= 11 is 0. The van der Waals surface area contributed by atoms with E-state index < -0.39 is 5.60 Å². The number of hydrogen-bond donors (Lipinski definition) is 2. The summed E-state index contributed by atoms with van der Waals surface area (Å²) in [5.41, 5.74) is 5.33. The molecule has 19 heavy (non-hydrogen) atoms. The van der Waals surface area contributed by atoms with E-state index in [1.54, 1.807) is 0 Å². The molecular weight excluding hydrogens is 242 g/mol. The van der Waals surface area contributed by atoms with Crippen molar-refractivity contribution in [3.63, 3.8) is 0 Å². The van der Waals surface area contributed by atoms with Crippen LogP contribution in [0.15, 0.2) is 0 Å². The highest BCUT2D eigenvalue weighted by Crippen LogP contribution is 2.10. The van der Waals surface area contributed by atoms with Crippen LogP contribution in [0.4, 0.5) is 4.79 Å². The lowest BCUT2D eigenvalue weighted by atomic mass is 10.1. The highest BCUT2D eigenvalue weighted by atomic mass is 16.6. The molecule has 0 saturated heterocycles. The second kappa shape index (κ2) is 8.38. The number of nitrogens with two attached hydrogens (primary N) is 1. The van der Waals surface area contributed by atoms with Gasteiger partial charge in [-0.25, -0.2) is 4.79 Å². The molecule has 0 bridgehead atoms. The van der Waals surface area contributed by atoms with Crippen molar-refractivity contribution in [2.24, 2.45) is 5.73 Å². The van der Waals surface area contributed by atoms with Gasteiger partial charge < -0.3 is 15.8 Å². The molecule has 0 aliphatic rings. The fourth-order valence-electron chi connectivity index (χ4n) is 2.07. The molecule has 0 aliphatic carbocycles. The van der Waals surface area contributed by atoms with E-state index in [0.717, 1.165) is 12.8 Å². The van der Waals surface area contributed by atoms with Gasteiger partial charge in [-0.05, 0) is 40.7 Å². The molecule has 0 rings (SSSR count). The maximum absolute atomic E-state index is 11.6. The fourth-order valence-corrected chi connectivity index (χ4v) is 2.07. The molecule has 3 N–H and O–H groups in total. The molecule has 0 saturated carbocycles. The van der Waals surface area contributed by atoms with Crippen LogP contribution in [-0.4, -0.2) is 48.8 Å². The quantitative estimate of drug-likeness (QED) is 0.744. The van der Waals surface area contributed by atoms with E-state index in [1.807, 2.05) is 20.8 Å². The number of nitrogens with zero attached hydrogens (tertiary/aromatic N) is 1. The molecule has 0 heterocycles. The molecule has 0 aromatic carbocycles. The van der Waals surface area contributed by atoms with Crippen molar-refractivity contribution in [2.75, 3.05) is 20.1 Å². The second-order valence-electron chi connectivity index (χ2n) is 5.91. The van der Waals surface area contributed by atoms with Crippen LogP contribution in [0.25, 0.3) is 0 Å². The van der Waals surface area contributed by atoms with Gasteiger partial charge in [0.15, 0.2) is 0 Å². The zero-order valence-corrected chi connectivity index (χ0v) is 13.3. The van der Waals surface area contributed by atoms with Crippen LogP contribution in [0.5, 0.6) is 0 Å². The Bertz CT molecular complexity index is 260. The minimum Gasteiger partial charge on any atom is -0.444 e. The Morgan fingerprint density at radius 3 is 2.16 bits per heavy atom. The monoisotopic (exact) mass is 273 g/mol. The normalized spacial score (nSPS) is 13.7. The maximum Gasteiger partial charge on any atom is 0.407 e. The Kier molecular flexibility index (Phi) is 8.02. The molecule has 0 aromatic heterocycles. The number of carbonyl (C=O) groups excluding carboxylic acids is 1. The first kappa shape index (κ1) is 18.2. The topological polar surface area (TPSA) is 67.6 Å². The number of ether oxygens (including phenoxy) is 1. The zero-order chi connectivity index (χ0) is 15.1. The van der Waals surface area contributed by atoms with E-state index in [4.69, 9.17) is 10.5 Å². The largest absolute Gasteiger partial charge is 0.444 e. The van der Waals surface area contributed by atoms with Crippen molar-refractivity contribution in [2.45, 2.75) is 65.1 Å². The van der Waals surface area contributed by atoms with E-state index in [9.17, 15) is 4.79 Å². The molecule has 5 nitrogen and oxygen atoms in total. The van der Waals surface area contributed by atoms with Crippen molar-refractivity contribution in [1.29, 1.82) is 0 Å². The number of nitrogens with one attached hydrogen (secondary N) is 1. The van der Waals surface area contributed by atoms with Gasteiger partial charge in [-0.15, -0.1) is 0 Å². The standard InChI is InChI=1S/C14H31N3O2/c1-7-11(8-2)17(6)12(9-15)10-16-13(18)19-14(3,4)5/h11-12H,7-10,15H2,1-6H3,(H,16,18). The van der Waals surface area contributed by atoms with Gasteiger partial charge in [0.25, 0.3) is 0 Å². The van der Waals surface area contributed by atoms with Crippen LogP contribution in [0.3, 0.4) is 0 Å². The van der Waals surface area contributed by atoms with Crippen LogP contribution < -0.4 is 11.1 Å². The van der Waals surface area contributed by atoms with Crippen molar-refractivity contribution in [3.8, 4) is 0 Å². The summed E-state index contributed by atoms with van der Waals surface area (Å²) < 4.78 is 5.22. The van der Waals surface area contributed by atoms with Gasteiger partial charge in [-0.3, -0.25) is 4.90 Å². The third-order valence-corrected chi connectivity index (χ3v) is 3.25. The van der Waals surface area contributed by atoms with E-state index in [2.05, 4.69) is 31.1 Å². The predicted octanol–water partition coefficient (Wildman–Crippen LogP) is 1.96. The first-order chi connectivity index (χ1) is 8.75. The summed E-state index contributed by atoms with van der Waals surface area (Å²) in [6.45, 7) is 10.9. The average Bonchev–Trinajstić information content (AvgIpc) is 2.29. The number of carbonyl (C=O) groups is 1. The van der Waals surface area contributed by atoms with Crippen LogP contribution in [0.2, 0.25) is 0 Å². The highest BCUT2D eigenvalue weighted by molar-refractivity contribution is 5.67. The maximum atomic E-state index is 11.6. The summed E-state index contributed by atoms with van der Waals surface area (Å²) in [6, 6.07) is 0.631. The Balaban J connectivity index is 4.30. The van der Waals surface area contributed by atoms with Gasteiger partial charge in [-0.1, -0.05) is 13.8 Å². The third-order valence-electron chi connectivity index (χ3n) is 3.25. The smallest absolute Gasteiger partial charge is 0.407 e. The summed E-state index contributed by atoms with van der Waals surface area (Å²) in [5.74, 6) is 0. The summed E-state index contributed by atoms with van der Waals surface area (Å²) in [6.07, 6.45) is 1.77. The van der Waals surface area contributed by atoms with Crippen LogP contribution in [0.1, 0.15) is 47.5 Å². The molecule has 1 atom stereocenters. The number of likely N-dealkylation sites (N-methyl/N-ethyl adjacent to an activating group) is 1. The molecule has 0 radical (unpaired) electrons. The first-order valence-electron chi connectivity index (χ1n) is 7.13. The summed E-state index contributed by atoms with van der Waals surface area (Å²) in [7, 11) is 2.06. The highest BCUT2D eigenvalue weighted by Gasteiger charge is 2.21. The van der Waals surface area contributed by atoms with E-state index in [-0.39, 0.29) is 12.1 Å². The third kappa shape index (κ3) is 7.38. The average molecular weight is 273 g/mol. The van der Waals surface area contributed by atoms with Gasteiger partial charge >= 0.3 is 6.09 Å². The lowest BCUT2D eigenvalue weighted by Crippen LogP contribution is -2.50. The lowest BCUT2D eigenvalue weighted by Gasteiger charge is -2.33. The number of amides is 1. The van der Waals surface area contributed by atoms with Crippen LogP contribution in [0, 0.1) is 0 Å². The van der Waals surface area contributed by atoms with Gasteiger partial charge in [0, 0.05) is 25.2 Å². The van der Waals surface area contributed by atoms with Crippen molar-refractivity contribution in [1.82, 2.24) is 10.2 Å². The Morgan fingerprint density at radius 2 is 1.79 bits per heavy atom. The number of rotatable bonds is 7. The molecule has 1 unspecified atom stereocenters. The Morgan fingerprint density at radius 1 is 1.26 bits per heavy atom. The van der Waals surface area contributed by atoms with Crippen molar-refractivity contribution in [3.05, 3.63) is 0 Å². The summed E-state index contributed by atoms with van der Waals surface area (Å²) in [4.78, 5) is 13.9. The zero-order valence-electron chi connectivity index (χ0n) is 13.3. The Hall–Kier alpha value is -0.810. The minimum atomic E-state index is -0.469. The molecule has 114 valence electrons. The van der Waals surface area contributed by atoms with Gasteiger partial charge in [0.2, 0.25) is 0 Å². The van der Waals surface area contributed by atoms with E-state index >= 15 is 0 Å². The molecule has 0 aliphatic heterocycles. The summed E-state index contributed by atoms with van der Waals surface area (Å²) in [5, 5.41) is 2.79. The minimum absolute atomic E-state index is 0.136. The molecule has 1 amide bonds. The van der Waals surface area contributed by atoms with E-state index in [0.29, 0.717) is 19.1 Å². The van der Waals surface area contributed by atoms with Gasteiger partial charge in [0.05, 0.1) is 0 Å². The molecule has 0 aromatic rings. The second-order valence-corrected chi connectivity index (χ2v) is 5.91. The molecule has 0 fully saturated rings. The number of hydrogen-bond acceptors (Lipinski definition) is 4.